The van der Waals surface area contributed by atoms with Gasteiger partial charge in [0.2, 0.25) is 0 Å². The molecule has 0 aromatic carbocycles. The first-order chi connectivity index (χ1) is 8.63. The van der Waals surface area contributed by atoms with Gasteiger partial charge in [0.15, 0.2) is 0 Å². The maximum atomic E-state index is 9.09. The molecule has 0 bridgehead atoms. The van der Waals surface area contributed by atoms with Crippen LogP contribution in [0.5, 0.6) is 0 Å². The highest BCUT2D eigenvalue weighted by atomic mass is 79.9. The van der Waals surface area contributed by atoms with Crippen LogP contribution >= 0.6 is 15.9 Å². The summed E-state index contributed by atoms with van der Waals surface area (Å²) in [5, 5.41) is 13.6. The van der Waals surface area contributed by atoms with Crippen molar-refractivity contribution in [2.75, 3.05) is 33.4 Å². The molecular formula is C12H22BrN3O2. The third-order valence-corrected chi connectivity index (χ3v) is 3.82. The third kappa shape index (κ3) is 4.05. The van der Waals surface area contributed by atoms with E-state index in [1.807, 2.05) is 11.7 Å². The Morgan fingerprint density at radius 2 is 2.17 bits per heavy atom. The van der Waals surface area contributed by atoms with Gasteiger partial charge in [-0.25, -0.2) is 0 Å². The van der Waals surface area contributed by atoms with Crippen molar-refractivity contribution >= 4 is 15.9 Å². The van der Waals surface area contributed by atoms with Crippen LogP contribution in [0.2, 0.25) is 0 Å². The molecule has 0 atom stereocenters. The number of methoxy groups -OCH3 is 1. The van der Waals surface area contributed by atoms with E-state index in [4.69, 9.17) is 9.84 Å². The molecule has 1 N–H and O–H groups in total. The van der Waals surface area contributed by atoms with E-state index in [1.54, 1.807) is 7.11 Å². The molecule has 0 saturated carbocycles. The lowest BCUT2D eigenvalue weighted by atomic mass is 10.3. The zero-order valence-electron chi connectivity index (χ0n) is 11.3. The van der Waals surface area contributed by atoms with E-state index >= 15 is 0 Å². The number of aliphatic hydroxyl groups is 1. The molecule has 18 heavy (non-hydrogen) atoms. The molecule has 1 heterocycles. The predicted octanol–water partition coefficient (Wildman–Crippen LogP) is 1.19. The highest BCUT2D eigenvalue weighted by molar-refractivity contribution is 9.10. The molecule has 0 aliphatic carbocycles. The maximum absolute atomic E-state index is 9.09. The van der Waals surface area contributed by atoms with Gasteiger partial charge in [-0.1, -0.05) is 6.92 Å². The van der Waals surface area contributed by atoms with Gasteiger partial charge < -0.3 is 9.84 Å². The summed E-state index contributed by atoms with van der Waals surface area (Å²) in [6.07, 6.45) is 0.909. The summed E-state index contributed by atoms with van der Waals surface area (Å²) in [5.41, 5.74) is 2.21. The zero-order chi connectivity index (χ0) is 13.5. The van der Waals surface area contributed by atoms with Crippen LogP contribution in [-0.2, 0) is 24.8 Å². The predicted molar refractivity (Wildman–Crippen MR) is 74.5 cm³/mol. The van der Waals surface area contributed by atoms with E-state index in [0.717, 1.165) is 35.4 Å². The van der Waals surface area contributed by atoms with Crippen LogP contribution in [0.1, 0.15) is 18.3 Å². The van der Waals surface area contributed by atoms with E-state index < -0.39 is 0 Å². The second kappa shape index (κ2) is 7.89. The Morgan fingerprint density at radius 1 is 1.44 bits per heavy atom. The Bertz CT molecular complexity index is 368. The van der Waals surface area contributed by atoms with Crippen molar-refractivity contribution in [1.29, 1.82) is 0 Å². The van der Waals surface area contributed by atoms with E-state index in [-0.39, 0.29) is 6.61 Å². The van der Waals surface area contributed by atoms with Crippen LogP contribution in [0.25, 0.3) is 0 Å². The lowest BCUT2D eigenvalue weighted by Gasteiger charge is -2.21. The van der Waals surface area contributed by atoms with E-state index in [1.165, 1.54) is 0 Å². The molecule has 0 unspecified atom stereocenters. The number of aromatic nitrogens is 2. The van der Waals surface area contributed by atoms with Crippen LogP contribution in [0.15, 0.2) is 4.47 Å². The number of ether oxygens (including phenoxy) is 1. The van der Waals surface area contributed by atoms with Crippen molar-refractivity contribution in [1.82, 2.24) is 14.7 Å². The first-order valence-electron chi connectivity index (χ1n) is 6.16. The average molecular weight is 320 g/mol. The minimum atomic E-state index is 0.153. The standard InChI is InChI=1S/C12H22BrN3O2/c1-4-10-12(13)11(15(2)14-10)9-16(5-7-17)6-8-18-3/h17H,4-9H2,1-3H3. The molecule has 1 aromatic rings. The molecule has 0 amide bonds. The van der Waals surface area contributed by atoms with E-state index in [2.05, 4.69) is 32.9 Å². The monoisotopic (exact) mass is 319 g/mol. The molecule has 0 radical (unpaired) electrons. The number of aryl methyl sites for hydroxylation is 2. The summed E-state index contributed by atoms with van der Waals surface area (Å²) in [4.78, 5) is 2.16. The summed E-state index contributed by atoms with van der Waals surface area (Å²) >= 11 is 3.61. The molecule has 0 fully saturated rings. The SMILES string of the molecule is CCc1nn(C)c(CN(CCO)CCOC)c1Br. The first kappa shape index (κ1) is 15.6. The van der Waals surface area contributed by atoms with E-state index in [0.29, 0.717) is 13.2 Å². The fourth-order valence-corrected chi connectivity index (χ4v) is 2.58. The van der Waals surface area contributed by atoms with Crippen molar-refractivity contribution in [2.24, 2.45) is 7.05 Å². The lowest BCUT2D eigenvalue weighted by molar-refractivity contribution is 0.125. The molecule has 0 aliphatic heterocycles. The zero-order valence-corrected chi connectivity index (χ0v) is 12.9. The smallest absolute Gasteiger partial charge is 0.0767 e. The van der Waals surface area contributed by atoms with Crippen LogP contribution in [0, 0.1) is 0 Å². The second-order valence-corrected chi connectivity index (χ2v) is 4.97. The summed E-state index contributed by atoms with van der Waals surface area (Å²) in [6.45, 7) is 5.11. The van der Waals surface area contributed by atoms with Crippen LogP contribution in [0.4, 0.5) is 0 Å². The number of rotatable bonds is 8. The summed E-state index contributed by atoms with van der Waals surface area (Å²) in [5.74, 6) is 0. The summed E-state index contributed by atoms with van der Waals surface area (Å²) in [7, 11) is 3.64. The molecule has 5 nitrogen and oxygen atoms in total. The number of hydrogen-bond acceptors (Lipinski definition) is 4. The number of aliphatic hydroxyl groups excluding tert-OH is 1. The first-order valence-corrected chi connectivity index (χ1v) is 6.95. The quantitative estimate of drug-likeness (QED) is 0.782. The second-order valence-electron chi connectivity index (χ2n) is 4.18. The lowest BCUT2D eigenvalue weighted by Crippen LogP contribution is -2.30. The van der Waals surface area contributed by atoms with Gasteiger partial charge >= 0.3 is 0 Å². The Balaban J connectivity index is 2.76. The van der Waals surface area contributed by atoms with Crippen molar-refractivity contribution in [3.63, 3.8) is 0 Å². The maximum Gasteiger partial charge on any atom is 0.0767 e. The fourth-order valence-electron chi connectivity index (χ4n) is 1.84. The molecule has 1 aromatic heterocycles. The van der Waals surface area contributed by atoms with Crippen molar-refractivity contribution in [3.05, 3.63) is 15.9 Å². The Hall–Kier alpha value is -0.430. The van der Waals surface area contributed by atoms with Gasteiger partial charge in [0.1, 0.15) is 0 Å². The van der Waals surface area contributed by atoms with Crippen molar-refractivity contribution < 1.29 is 9.84 Å². The number of nitrogens with zero attached hydrogens (tertiary/aromatic N) is 3. The van der Waals surface area contributed by atoms with Gasteiger partial charge in [-0.2, -0.15) is 5.10 Å². The molecule has 104 valence electrons. The number of hydrogen-bond donors (Lipinski definition) is 1. The van der Waals surface area contributed by atoms with E-state index in [9.17, 15) is 0 Å². The van der Waals surface area contributed by atoms with Crippen LogP contribution in [0.3, 0.4) is 0 Å². The Kier molecular flexibility index (Phi) is 6.85. The molecule has 1 rings (SSSR count). The minimum Gasteiger partial charge on any atom is -0.395 e. The van der Waals surface area contributed by atoms with Gasteiger partial charge in [-0.15, -0.1) is 0 Å². The van der Waals surface area contributed by atoms with Crippen LogP contribution in [-0.4, -0.2) is 53.2 Å². The average Bonchev–Trinajstić information content (AvgIpc) is 2.63. The van der Waals surface area contributed by atoms with Crippen LogP contribution < -0.4 is 0 Å². The summed E-state index contributed by atoms with van der Waals surface area (Å²) < 4.78 is 8.07. The van der Waals surface area contributed by atoms with Gasteiger partial charge in [-0.05, 0) is 22.4 Å². The van der Waals surface area contributed by atoms with Gasteiger partial charge in [-0.3, -0.25) is 9.58 Å². The van der Waals surface area contributed by atoms with Gasteiger partial charge in [0.25, 0.3) is 0 Å². The Morgan fingerprint density at radius 3 is 2.67 bits per heavy atom. The minimum absolute atomic E-state index is 0.153. The molecule has 0 aliphatic rings. The third-order valence-electron chi connectivity index (χ3n) is 2.90. The van der Waals surface area contributed by atoms with Gasteiger partial charge in [0, 0.05) is 33.8 Å². The van der Waals surface area contributed by atoms with Gasteiger partial charge in [0.05, 0.1) is 29.1 Å². The molecule has 6 heteroatoms. The molecular weight excluding hydrogens is 298 g/mol. The molecule has 0 saturated heterocycles. The topological polar surface area (TPSA) is 50.5 Å². The fraction of sp³-hybridized carbons (Fsp3) is 0.750. The summed E-state index contributed by atoms with van der Waals surface area (Å²) in [6, 6.07) is 0. The number of halogens is 1. The highest BCUT2D eigenvalue weighted by Gasteiger charge is 2.15. The normalized spacial score (nSPS) is 11.4. The Labute approximate surface area is 117 Å². The highest BCUT2D eigenvalue weighted by Crippen LogP contribution is 2.22. The van der Waals surface area contributed by atoms with Crippen molar-refractivity contribution in [3.8, 4) is 0 Å². The molecule has 0 spiro atoms. The van der Waals surface area contributed by atoms with Crippen molar-refractivity contribution in [2.45, 2.75) is 19.9 Å². The largest absolute Gasteiger partial charge is 0.395 e.